The molecule has 0 aliphatic heterocycles. The maximum atomic E-state index is 11.2. The largest absolute Gasteiger partial charge is 0.465 e. The second-order valence-corrected chi connectivity index (χ2v) is 4.28. The number of esters is 1. The second kappa shape index (κ2) is 7.68. The summed E-state index contributed by atoms with van der Waals surface area (Å²) in [4.78, 5) is 23.7. The molecule has 1 atom stereocenters. The Bertz CT molecular complexity index is 221. The van der Waals surface area contributed by atoms with Crippen LogP contribution in [0.5, 0.6) is 0 Å². The second-order valence-electron chi connectivity index (χ2n) is 3.18. The van der Waals surface area contributed by atoms with Gasteiger partial charge in [-0.1, -0.05) is 22.9 Å². The Hall–Kier alpha value is -0.580. The van der Waals surface area contributed by atoms with E-state index in [2.05, 4.69) is 15.9 Å². The van der Waals surface area contributed by atoms with Gasteiger partial charge in [-0.2, -0.15) is 0 Å². The molecular weight excluding hydrogens is 262 g/mol. The molecule has 0 N–H and O–H groups in total. The van der Waals surface area contributed by atoms with Gasteiger partial charge in [0.2, 0.25) is 5.91 Å². The van der Waals surface area contributed by atoms with E-state index in [-0.39, 0.29) is 16.7 Å². The van der Waals surface area contributed by atoms with Gasteiger partial charge in [0, 0.05) is 20.0 Å². The van der Waals surface area contributed by atoms with Crippen molar-refractivity contribution in [1.82, 2.24) is 4.90 Å². The first-order valence-electron chi connectivity index (χ1n) is 5.07. The molecule has 0 radical (unpaired) electrons. The molecular formula is C10H18BrNO3. The van der Waals surface area contributed by atoms with Gasteiger partial charge in [0.05, 0.1) is 6.61 Å². The van der Waals surface area contributed by atoms with E-state index in [4.69, 9.17) is 4.74 Å². The first kappa shape index (κ1) is 14.4. The van der Waals surface area contributed by atoms with E-state index < -0.39 is 0 Å². The molecule has 0 spiro atoms. The summed E-state index contributed by atoms with van der Waals surface area (Å²) in [5.41, 5.74) is 0. The molecule has 0 aliphatic rings. The number of halogens is 1. The van der Waals surface area contributed by atoms with Crippen LogP contribution in [0.1, 0.15) is 26.7 Å². The fourth-order valence-corrected chi connectivity index (χ4v) is 1.39. The van der Waals surface area contributed by atoms with Crippen molar-refractivity contribution in [1.29, 1.82) is 0 Å². The summed E-state index contributed by atoms with van der Waals surface area (Å²) in [6.45, 7) is 4.52. The average Bonchev–Trinajstić information content (AvgIpc) is 2.24. The van der Waals surface area contributed by atoms with Gasteiger partial charge in [-0.25, -0.2) is 0 Å². The lowest BCUT2D eigenvalue weighted by Gasteiger charge is -2.17. The maximum absolute atomic E-state index is 11.2. The van der Waals surface area contributed by atoms with E-state index in [1.54, 1.807) is 18.9 Å². The van der Waals surface area contributed by atoms with E-state index in [9.17, 15) is 9.59 Å². The monoisotopic (exact) mass is 279 g/mol. The minimum absolute atomic E-state index is 0.0820. The average molecular weight is 280 g/mol. The van der Waals surface area contributed by atoms with Crippen LogP contribution in [0.15, 0.2) is 0 Å². The van der Waals surface area contributed by atoms with Crippen LogP contribution in [0.4, 0.5) is 0 Å². The molecule has 0 bridgehead atoms. The van der Waals surface area contributed by atoms with Crippen molar-refractivity contribution in [3.8, 4) is 0 Å². The molecule has 1 amide bonds. The van der Waals surface area contributed by atoms with Gasteiger partial charge >= 0.3 is 5.97 Å². The molecule has 0 aliphatic carbocycles. The van der Waals surface area contributed by atoms with Crippen LogP contribution in [0.2, 0.25) is 0 Å². The van der Waals surface area contributed by atoms with E-state index >= 15 is 0 Å². The topological polar surface area (TPSA) is 46.6 Å². The van der Waals surface area contributed by atoms with Crippen LogP contribution in [0.25, 0.3) is 0 Å². The summed E-state index contributed by atoms with van der Waals surface area (Å²) in [6.07, 6.45) is 1.06. The van der Waals surface area contributed by atoms with Gasteiger partial charge in [0.15, 0.2) is 0 Å². The van der Waals surface area contributed by atoms with Crippen LogP contribution in [-0.2, 0) is 14.3 Å². The molecule has 0 aromatic heterocycles. The fourth-order valence-electron chi connectivity index (χ4n) is 1.05. The van der Waals surface area contributed by atoms with Gasteiger partial charge in [-0.05, 0) is 13.3 Å². The third-order valence-corrected chi connectivity index (χ3v) is 2.82. The minimum atomic E-state index is -0.329. The Kier molecular flexibility index (Phi) is 7.38. The summed E-state index contributed by atoms with van der Waals surface area (Å²) < 4.78 is 4.83. The summed E-state index contributed by atoms with van der Waals surface area (Å²) in [6, 6.07) is 0. The van der Waals surface area contributed by atoms with Crippen molar-refractivity contribution >= 4 is 27.8 Å². The predicted octanol–water partition coefficient (Wildman–Crippen LogP) is 1.57. The summed E-state index contributed by atoms with van der Waals surface area (Å²) in [7, 11) is 1.73. The Balaban J connectivity index is 3.84. The third-order valence-electron chi connectivity index (χ3n) is 1.99. The molecule has 88 valence electrons. The van der Waals surface area contributed by atoms with Gasteiger partial charge in [0.1, 0.15) is 4.83 Å². The molecule has 0 saturated carbocycles. The number of nitrogens with zero attached hydrogens (tertiary/aromatic N) is 1. The smallest absolute Gasteiger partial charge is 0.319 e. The lowest BCUT2D eigenvalue weighted by atomic mass is 10.3. The highest BCUT2D eigenvalue weighted by Crippen LogP contribution is 2.08. The highest BCUT2D eigenvalue weighted by molar-refractivity contribution is 9.10. The number of carbonyl (C=O) groups excluding carboxylic acids is 2. The maximum Gasteiger partial charge on any atom is 0.319 e. The Labute approximate surface area is 99.1 Å². The van der Waals surface area contributed by atoms with Gasteiger partial charge in [-0.3, -0.25) is 9.59 Å². The van der Waals surface area contributed by atoms with Crippen LogP contribution in [-0.4, -0.2) is 41.8 Å². The Morgan fingerprint density at radius 2 is 2.00 bits per heavy atom. The molecule has 0 rings (SSSR count). The van der Waals surface area contributed by atoms with Gasteiger partial charge in [0.25, 0.3) is 0 Å². The van der Waals surface area contributed by atoms with Crippen molar-refractivity contribution in [2.75, 3.05) is 20.2 Å². The van der Waals surface area contributed by atoms with Crippen LogP contribution >= 0.6 is 15.9 Å². The van der Waals surface area contributed by atoms with E-state index in [1.807, 2.05) is 6.92 Å². The van der Waals surface area contributed by atoms with Crippen molar-refractivity contribution in [3.05, 3.63) is 0 Å². The number of hydrogen-bond acceptors (Lipinski definition) is 3. The lowest BCUT2D eigenvalue weighted by molar-refractivity contribution is -0.142. The van der Waals surface area contributed by atoms with Crippen molar-refractivity contribution < 1.29 is 14.3 Å². The van der Waals surface area contributed by atoms with Crippen molar-refractivity contribution in [3.63, 3.8) is 0 Å². The molecule has 0 heterocycles. The first-order chi connectivity index (χ1) is 7.02. The normalized spacial score (nSPS) is 12.0. The SMILES string of the molecule is CCOC(=O)C(Br)CCN(C)C(=O)CC. The van der Waals surface area contributed by atoms with Crippen LogP contribution < -0.4 is 0 Å². The molecule has 5 heteroatoms. The number of alkyl halides is 1. The molecule has 1 unspecified atom stereocenters. The van der Waals surface area contributed by atoms with Crippen molar-refractivity contribution in [2.24, 2.45) is 0 Å². The predicted molar refractivity (Wildman–Crippen MR) is 61.9 cm³/mol. The zero-order chi connectivity index (χ0) is 11.8. The standard InChI is InChI=1S/C10H18BrNO3/c1-4-9(13)12(3)7-6-8(11)10(14)15-5-2/h8H,4-7H2,1-3H3. The lowest BCUT2D eigenvalue weighted by Crippen LogP contribution is -2.30. The molecule has 0 aromatic carbocycles. The molecule has 0 saturated heterocycles. The van der Waals surface area contributed by atoms with E-state index in [1.165, 1.54) is 0 Å². The van der Waals surface area contributed by atoms with Crippen LogP contribution in [0.3, 0.4) is 0 Å². The number of carbonyl (C=O) groups is 2. The molecule has 4 nitrogen and oxygen atoms in total. The highest BCUT2D eigenvalue weighted by atomic mass is 79.9. The van der Waals surface area contributed by atoms with Gasteiger partial charge < -0.3 is 9.64 Å². The summed E-state index contributed by atoms with van der Waals surface area (Å²) >= 11 is 3.23. The number of hydrogen-bond donors (Lipinski definition) is 0. The first-order valence-corrected chi connectivity index (χ1v) is 5.99. The Morgan fingerprint density at radius 3 is 2.47 bits per heavy atom. The third kappa shape index (κ3) is 5.77. The summed E-state index contributed by atoms with van der Waals surface area (Å²) in [5, 5.41) is 0. The summed E-state index contributed by atoms with van der Waals surface area (Å²) in [5.74, 6) is -0.187. The Morgan fingerprint density at radius 1 is 1.40 bits per heavy atom. The number of rotatable bonds is 6. The molecule has 15 heavy (non-hydrogen) atoms. The van der Waals surface area contributed by atoms with E-state index in [0.717, 1.165) is 0 Å². The van der Waals surface area contributed by atoms with Crippen molar-refractivity contribution in [2.45, 2.75) is 31.5 Å². The van der Waals surface area contributed by atoms with E-state index in [0.29, 0.717) is 26.0 Å². The highest BCUT2D eigenvalue weighted by Gasteiger charge is 2.17. The molecule has 0 fully saturated rings. The molecule has 0 aromatic rings. The zero-order valence-corrected chi connectivity index (χ0v) is 11.0. The van der Waals surface area contributed by atoms with Crippen LogP contribution in [0, 0.1) is 0 Å². The fraction of sp³-hybridized carbons (Fsp3) is 0.800. The van der Waals surface area contributed by atoms with Gasteiger partial charge in [-0.15, -0.1) is 0 Å². The zero-order valence-electron chi connectivity index (χ0n) is 9.46. The number of amides is 1. The quantitative estimate of drug-likeness (QED) is 0.548. The number of ether oxygens (including phenoxy) is 1. The minimum Gasteiger partial charge on any atom is -0.465 e.